The SMILES string of the molecule is CC.CN1CCN(CC2CC2)CC1.COc1cccc(F)c1-c1cn(SF)c2nc(NC=O)ccc12. The molecule has 0 atom stereocenters. The van der Waals surface area contributed by atoms with Crippen LogP contribution in [0.25, 0.3) is 22.2 Å². The van der Waals surface area contributed by atoms with Gasteiger partial charge in [-0.05, 0) is 50.1 Å². The molecule has 2 fully saturated rings. The van der Waals surface area contributed by atoms with Crippen LogP contribution in [-0.4, -0.2) is 72.0 Å². The van der Waals surface area contributed by atoms with Crippen molar-refractivity contribution in [3.05, 3.63) is 42.3 Å². The van der Waals surface area contributed by atoms with Crippen LogP contribution >= 0.6 is 12.3 Å². The number of methoxy groups -OCH3 is 1. The number of rotatable bonds is 7. The first-order valence-electron chi connectivity index (χ1n) is 12.3. The lowest BCUT2D eigenvalue weighted by atomic mass is 10.0. The zero-order valence-electron chi connectivity index (χ0n) is 21.3. The molecule has 0 radical (unpaired) electrons. The first-order valence-corrected chi connectivity index (χ1v) is 13.0. The number of piperazine rings is 1. The topological polar surface area (TPSA) is 62.6 Å². The molecule has 1 saturated carbocycles. The fraction of sp³-hybridized carbons (Fsp3) is 0.462. The van der Waals surface area contributed by atoms with E-state index in [0.29, 0.717) is 23.1 Å². The van der Waals surface area contributed by atoms with Gasteiger partial charge in [-0.2, -0.15) is 0 Å². The largest absolute Gasteiger partial charge is 0.496 e. The van der Waals surface area contributed by atoms with Crippen molar-refractivity contribution < 1.29 is 17.8 Å². The zero-order chi connectivity index (χ0) is 26.1. The predicted molar refractivity (Wildman–Crippen MR) is 143 cm³/mol. The van der Waals surface area contributed by atoms with Crippen molar-refractivity contribution in [1.82, 2.24) is 18.8 Å². The van der Waals surface area contributed by atoms with E-state index in [1.807, 2.05) is 13.8 Å². The molecule has 1 saturated heterocycles. The molecule has 1 aromatic carbocycles. The second-order valence-corrected chi connectivity index (χ2v) is 9.16. The minimum Gasteiger partial charge on any atom is -0.496 e. The molecule has 1 aliphatic carbocycles. The van der Waals surface area contributed by atoms with Crippen molar-refractivity contribution in [3.8, 4) is 16.9 Å². The second kappa shape index (κ2) is 13.6. The normalized spacial score (nSPS) is 15.9. The molecule has 10 heteroatoms. The third kappa shape index (κ3) is 6.96. The van der Waals surface area contributed by atoms with Gasteiger partial charge in [-0.25, -0.2) is 13.3 Å². The first kappa shape index (κ1) is 27.9. The molecule has 1 N–H and O–H groups in total. The van der Waals surface area contributed by atoms with Crippen molar-refractivity contribution in [1.29, 1.82) is 0 Å². The van der Waals surface area contributed by atoms with Crippen LogP contribution in [0.3, 0.4) is 0 Å². The lowest BCUT2D eigenvalue weighted by Crippen LogP contribution is -2.45. The summed E-state index contributed by atoms with van der Waals surface area (Å²) in [5, 5.41) is 2.94. The van der Waals surface area contributed by atoms with Crippen LogP contribution in [0.15, 0.2) is 36.5 Å². The number of pyridine rings is 1. The number of ether oxygens (including phenoxy) is 1. The van der Waals surface area contributed by atoms with E-state index in [0.717, 1.165) is 9.89 Å². The summed E-state index contributed by atoms with van der Waals surface area (Å²) in [5.74, 6) is 1.19. The Morgan fingerprint density at radius 3 is 2.50 bits per heavy atom. The summed E-state index contributed by atoms with van der Waals surface area (Å²) in [5.41, 5.74) is 0.945. The summed E-state index contributed by atoms with van der Waals surface area (Å²) in [4.78, 5) is 19.7. The fourth-order valence-electron chi connectivity index (χ4n) is 4.10. The summed E-state index contributed by atoms with van der Waals surface area (Å²) in [7, 11) is 3.65. The van der Waals surface area contributed by atoms with Gasteiger partial charge in [0.2, 0.25) is 6.41 Å². The number of hydrogen-bond acceptors (Lipinski definition) is 6. The Balaban J connectivity index is 0.000000231. The minimum atomic E-state index is -0.484. The van der Waals surface area contributed by atoms with Crippen LogP contribution < -0.4 is 10.1 Å². The van der Waals surface area contributed by atoms with Crippen LogP contribution in [0, 0.1) is 11.7 Å². The number of nitrogens with one attached hydrogen (secondary N) is 1. The quantitative estimate of drug-likeness (QED) is 0.418. The number of hydrogen-bond donors (Lipinski definition) is 1. The van der Waals surface area contributed by atoms with Gasteiger partial charge in [-0.1, -0.05) is 19.9 Å². The average molecular weight is 520 g/mol. The Labute approximate surface area is 216 Å². The fourth-order valence-corrected chi connectivity index (χ4v) is 4.45. The molecule has 3 heterocycles. The Kier molecular flexibility index (Phi) is 10.5. The number of amides is 1. The molecule has 0 unspecified atom stereocenters. The van der Waals surface area contributed by atoms with Crippen molar-refractivity contribution >= 4 is 35.6 Å². The third-order valence-electron chi connectivity index (χ3n) is 6.18. The lowest BCUT2D eigenvalue weighted by Gasteiger charge is -2.32. The van der Waals surface area contributed by atoms with Gasteiger partial charge < -0.3 is 19.9 Å². The Morgan fingerprint density at radius 1 is 1.17 bits per heavy atom. The van der Waals surface area contributed by atoms with Gasteiger partial charge in [-0.3, -0.25) is 4.79 Å². The molecule has 36 heavy (non-hydrogen) atoms. The highest BCUT2D eigenvalue weighted by Gasteiger charge is 2.25. The highest BCUT2D eigenvalue weighted by Crippen LogP contribution is 2.39. The Bertz CT molecular complexity index is 1130. The smallest absolute Gasteiger partial charge is 0.212 e. The Morgan fingerprint density at radius 2 is 1.89 bits per heavy atom. The number of benzene rings is 1. The van der Waals surface area contributed by atoms with Crippen molar-refractivity contribution in [2.75, 3.05) is 52.2 Å². The number of anilines is 1. The van der Waals surface area contributed by atoms with E-state index < -0.39 is 5.82 Å². The predicted octanol–water partition coefficient (Wildman–Crippen LogP) is 5.47. The standard InChI is InChI=1S/C15H11F2N3O2S.C9H18N2.C2H6/c1-22-12-4-2-3-11(16)14(12)10-7-20(23-17)15-9(10)5-6-13(19-15)18-8-21;1-10-4-6-11(7-5-10)8-9-2-3-9;1-2/h2-8H,1H3,(H,18,19,21);9H,2-8H2,1H3;1-2H3. The summed E-state index contributed by atoms with van der Waals surface area (Å²) < 4.78 is 33.9. The molecule has 0 bridgehead atoms. The highest BCUT2D eigenvalue weighted by atomic mass is 32.2. The summed E-state index contributed by atoms with van der Waals surface area (Å²) in [6.07, 6.45) is 4.90. The molecule has 5 rings (SSSR count). The number of carbonyl (C=O) groups excluding carboxylic acids is 1. The number of aromatic nitrogens is 2. The van der Waals surface area contributed by atoms with E-state index in [9.17, 15) is 13.1 Å². The van der Waals surface area contributed by atoms with E-state index in [1.165, 1.54) is 71.0 Å². The molecule has 2 aromatic heterocycles. The molecule has 2 aliphatic rings. The Hall–Kier alpha value is -2.69. The van der Waals surface area contributed by atoms with Gasteiger partial charge in [0.15, 0.2) is 18.0 Å². The maximum atomic E-state index is 14.3. The number of fused-ring (bicyclic) bond motifs is 1. The van der Waals surface area contributed by atoms with Gasteiger partial charge in [0.05, 0.1) is 12.7 Å². The molecule has 196 valence electrons. The maximum Gasteiger partial charge on any atom is 0.212 e. The van der Waals surface area contributed by atoms with Crippen LogP contribution in [-0.2, 0) is 4.79 Å². The van der Waals surface area contributed by atoms with Gasteiger partial charge >= 0.3 is 0 Å². The van der Waals surface area contributed by atoms with E-state index in [-0.39, 0.29) is 29.4 Å². The summed E-state index contributed by atoms with van der Waals surface area (Å²) in [6, 6.07) is 7.66. The van der Waals surface area contributed by atoms with E-state index in [2.05, 4.69) is 27.1 Å². The van der Waals surface area contributed by atoms with Crippen LogP contribution in [0.1, 0.15) is 26.7 Å². The number of likely N-dealkylation sites (N-methyl/N-ethyl adjacent to an activating group) is 1. The molecule has 3 aromatic rings. The summed E-state index contributed by atoms with van der Waals surface area (Å²) >= 11 is -0.0653. The van der Waals surface area contributed by atoms with Gasteiger partial charge in [-0.15, -0.1) is 3.89 Å². The van der Waals surface area contributed by atoms with E-state index in [1.54, 1.807) is 18.2 Å². The van der Waals surface area contributed by atoms with Gasteiger partial charge in [0.1, 0.15) is 17.4 Å². The molecule has 0 spiro atoms. The van der Waals surface area contributed by atoms with Crippen LogP contribution in [0.4, 0.5) is 14.1 Å². The molecular formula is C26H35F2N5O2S. The van der Waals surface area contributed by atoms with Crippen molar-refractivity contribution in [2.45, 2.75) is 26.7 Å². The monoisotopic (exact) mass is 519 g/mol. The van der Waals surface area contributed by atoms with Crippen molar-refractivity contribution in [2.24, 2.45) is 5.92 Å². The van der Waals surface area contributed by atoms with Gasteiger partial charge in [0.25, 0.3) is 0 Å². The van der Waals surface area contributed by atoms with E-state index in [4.69, 9.17) is 4.74 Å². The molecule has 1 amide bonds. The summed E-state index contributed by atoms with van der Waals surface area (Å²) in [6.45, 7) is 10.5. The first-order chi connectivity index (χ1) is 17.5. The molecular weight excluding hydrogens is 484 g/mol. The van der Waals surface area contributed by atoms with Crippen LogP contribution in [0.5, 0.6) is 5.75 Å². The van der Waals surface area contributed by atoms with Crippen LogP contribution in [0.2, 0.25) is 0 Å². The van der Waals surface area contributed by atoms with Crippen molar-refractivity contribution in [3.63, 3.8) is 0 Å². The lowest BCUT2D eigenvalue weighted by molar-refractivity contribution is -0.105. The van der Waals surface area contributed by atoms with E-state index >= 15 is 0 Å². The third-order valence-corrected chi connectivity index (χ3v) is 6.60. The molecule has 1 aliphatic heterocycles. The number of carbonyl (C=O) groups is 1. The second-order valence-electron chi connectivity index (χ2n) is 8.63. The number of halogens is 2. The maximum absolute atomic E-state index is 14.3. The highest BCUT2D eigenvalue weighted by molar-refractivity contribution is 7.92. The zero-order valence-corrected chi connectivity index (χ0v) is 22.2. The van der Waals surface area contributed by atoms with Gasteiger partial charge in [0, 0.05) is 49.9 Å². The minimum absolute atomic E-state index is 0.0653. The molecule has 7 nitrogen and oxygen atoms in total. The average Bonchev–Trinajstić information content (AvgIpc) is 3.65. The number of nitrogens with zero attached hydrogens (tertiary/aromatic N) is 4.